The number of fused-ring (bicyclic) bond motifs is 2. The number of methoxy groups -OCH3 is 2. The molecule has 5 aromatic heterocycles. The Bertz CT molecular complexity index is 2900. The van der Waals surface area contributed by atoms with E-state index in [1.54, 1.807) is 11.8 Å². The second kappa shape index (κ2) is 23.1. The maximum atomic E-state index is 11.0. The summed E-state index contributed by atoms with van der Waals surface area (Å²) in [5, 5.41) is 9.58. The lowest BCUT2D eigenvalue weighted by Gasteiger charge is -2.23. The Hall–Kier alpha value is -5.20. The molecular formula is C41H55N13O8S7. The van der Waals surface area contributed by atoms with Crippen molar-refractivity contribution >= 4 is 154 Å². The zero-order chi connectivity index (χ0) is 50.2. The van der Waals surface area contributed by atoms with Crippen LogP contribution in [0, 0.1) is 0 Å². The molecule has 7 aromatic rings. The van der Waals surface area contributed by atoms with Crippen molar-refractivity contribution in [1.29, 1.82) is 0 Å². The van der Waals surface area contributed by atoms with Gasteiger partial charge in [-0.1, -0.05) is 53.7 Å². The summed E-state index contributed by atoms with van der Waals surface area (Å²) in [6, 6.07) is 12.0. The van der Waals surface area contributed by atoms with Gasteiger partial charge in [0.1, 0.15) is 19.7 Å². The number of thioether (sulfide) groups is 1. The van der Waals surface area contributed by atoms with Crippen molar-refractivity contribution in [2.24, 2.45) is 0 Å². The van der Waals surface area contributed by atoms with Crippen LogP contribution in [0.1, 0.15) is 59.8 Å². The molecule has 5 heterocycles. The third-order valence-corrected chi connectivity index (χ3v) is 18.3. The minimum absolute atomic E-state index is 0.0590. The predicted octanol–water partition coefficient (Wildman–Crippen LogP) is 9.03. The van der Waals surface area contributed by atoms with Crippen LogP contribution in [0.4, 0.5) is 56.0 Å². The maximum absolute atomic E-state index is 11.0. The summed E-state index contributed by atoms with van der Waals surface area (Å²) >= 11 is 5.51. The van der Waals surface area contributed by atoms with E-state index in [9.17, 15) is 16.8 Å². The highest BCUT2D eigenvalue weighted by molar-refractivity contribution is 7.99. The fraction of sp³-hybridized carbons (Fsp3) is 0.390. The first-order valence-corrected chi connectivity index (χ1v) is 28.4. The van der Waals surface area contributed by atoms with Gasteiger partial charge in [-0.15, -0.1) is 0 Å². The maximum Gasteiger partial charge on any atom is 0.307 e. The zero-order valence-electron chi connectivity index (χ0n) is 38.5. The molecule has 1 aliphatic carbocycles. The third-order valence-electron chi connectivity index (χ3n) is 10.7. The minimum atomic E-state index is -4.29. The number of ether oxygens (including phenoxy) is 2. The Morgan fingerprint density at radius 1 is 0.667 bits per heavy atom. The van der Waals surface area contributed by atoms with E-state index in [-0.39, 0.29) is 19.9 Å². The number of nitrogen functional groups attached to an aromatic ring is 4. The van der Waals surface area contributed by atoms with Gasteiger partial charge in [-0.05, 0) is 100.0 Å². The lowest BCUT2D eigenvalue weighted by Crippen LogP contribution is -2.22. The van der Waals surface area contributed by atoms with Gasteiger partial charge in [-0.25, -0.2) is 0 Å². The van der Waals surface area contributed by atoms with E-state index in [1.165, 1.54) is 46.3 Å². The van der Waals surface area contributed by atoms with Crippen molar-refractivity contribution in [2.45, 2.75) is 78.6 Å². The van der Waals surface area contributed by atoms with Gasteiger partial charge in [-0.3, -0.25) is 9.11 Å². The van der Waals surface area contributed by atoms with Gasteiger partial charge >= 0.3 is 20.2 Å². The normalized spacial score (nSPS) is 13.0. The standard InChI is InChI=1S/C29H43N9S.2C6H6N2O4S3/c1-5-37(6-2)20-14-16-23(30)25(18-20)32-27-34-28(36-29(35-27)39-22-12-10-9-11-13-22)33-26-19-21(15-17-24(26)31)38(7-3)8-4;2*1-12-3-2-4(7)14-8-5(2)13-6(3)15(9,10)11/h14-19,22H,5-13,30-31H2,1-4H3,(H2,32,33,34,35,36);2*7H2,1H3,(H,9,10,11). The molecule has 1 fully saturated rings. The molecule has 21 nitrogen and oxygen atoms in total. The highest BCUT2D eigenvalue weighted by Gasteiger charge is 2.28. The fourth-order valence-electron chi connectivity index (χ4n) is 7.28. The Labute approximate surface area is 420 Å². The summed E-state index contributed by atoms with van der Waals surface area (Å²) in [6.45, 7) is 12.2. The topological polar surface area (TPSA) is 326 Å². The number of hydrogen-bond donors (Lipinski definition) is 8. The molecule has 1 aliphatic rings. The first-order valence-electron chi connectivity index (χ1n) is 21.5. The molecule has 28 heteroatoms. The number of nitrogens with two attached hydrogens (primary N) is 4. The predicted molar refractivity (Wildman–Crippen MR) is 285 cm³/mol. The number of benzene rings is 2. The fourth-order valence-corrected chi connectivity index (χ4v) is 13.9. The average Bonchev–Trinajstić information content (AvgIpc) is 4.09. The summed E-state index contributed by atoms with van der Waals surface area (Å²) in [7, 11) is -5.96. The zero-order valence-corrected chi connectivity index (χ0v) is 44.3. The largest absolute Gasteiger partial charge is 0.494 e. The highest BCUT2D eigenvalue weighted by atomic mass is 32.3. The van der Waals surface area contributed by atoms with Crippen molar-refractivity contribution in [2.75, 3.05) is 83.8 Å². The summed E-state index contributed by atoms with van der Waals surface area (Å²) in [5.41, 5.74) is 29.0. The summed E-state index contributed by atoms with van der Waals surface area (Å²) in [5.74, 6) is 1.02. The van der Waals surface area contributed by atoms with Crippen molar-refractivity contribution in [1.82, 2.24) is 23.7 Å². The van der Waals surface area contributed by atoms with E-state index in [0.29, 0.717) is 64.1 Å². The van der Waals surface area contributed by atoms with Crippen LogP contribution >= 0.6 is 57.5 Å². The van der Waals surface area contributed by atoms with Gasteiger partial charge in [0.25, 0.3) is 0 Å². The van der Waals surface area contributed by atoms with Gasteiger partial charge < -0.3 is 52.8 Å². The molecule has 1 saturated carbocycles. The Morgan fingerprint density at radius 3 is 1.43 bits per heavy atom. The number of nitrogens with one attached hydrogen (secondary N) is 2. The molecule has 374 valence electrons. The molecule has 69 heavy (non-hydrogen) atoms. The van der Waals surface area contributed by atoms with Crippen LogP contribution in [-0.2, 0) is 20.2 Å². The van der Waals surface area contributed by atoms with Crippen molar-refractivity contribution in [3.63, 3.8) is 0 Å². The van der Waals surface area contributed by atoms with Crippen LogP contribution in [0.3, 0.4) is 0 Å². The van der Waals surface area contributed by atoms with Crippen LogP contribution in [0.15, 0.2) is 50.0 Å². The number of anilines is 10. The number of nitrogens with zero attached hydrogens (tertiary/aromatic N) is 7. The average molecular weight is 1080 g/mol. The monoisotopic (exact) mass is 1080 g/mol. The van der Waals surface area contributed by atoms with Crippen molar-refractivity contribution in [3.8, 4) is 11.5 Å². The van der Waals surface area contributed by atoms with E-state index in [4.69, 9.17) is 56.5 Å². The van der Waals surface area contributed by atoms with E-state index in [1.807, 2.05) is 24.3 Å². The van der Waals surface area contributed by atoms with Crippen LogP contribution in [0.25, 0.3) is 20.4 Å². The molecule has 12 N–H and O–H groups in total. The van der Waals surface area contributed by atoms with Crippen LogP contribution in [0.2, 0.25) is 0 Å². The van der Waals surface area contributed by atoms with Crippen LogP contribution in [0.5, 0.6) is 11.5 Å². The molecule has 0 amide bonds. The second-order valence-corrected chi connectivity index (χ2v) is 23.1. The number of aromatic nitrogens is 5. The Kier molecular flexibility index (Phi) is 17.8. The molecule has 0 aliphatic heterocycles. The van der Waals surface area contributed by atoms with E-state index in [2.05, 4.69) is 69.0 Å². The Balaban J connectivity index is 0.000000211. The van der Waals surface area contributed by atoms with E-state index < -0.39 is 20.2 Å². The minimum Gasteiger partial charge on any atom is -0.494 e. The molecular weight excluding hydrogens is 1030 g/mol. The summed E-state index contributed by atoms with van der Waals surface area (Å²) in [6.07, 6.45) is 6.17. The lowest BCUT2D eigenvalue weighted by atomic mass is 10.0. The number of hydrogen-bond acceptors (Lipinski definition) is 24. The van der Waals surface area contributed by atoms with Gasteiger partial charge in [0.05, 0.1) is 47.7 Å². The van der Waals surface area contributed by atoms with Crippen LogP contribution < -0.4 is 52.8 Å². The molecule has 0 spiro atoms. The summed E-state index contributed by atoms with van der Waals surface area (Å²) < 4.78 is 79.1. The molecule has 0 atom stereocenters. The van der Waals surface area contributed by atoms with Gasteiger partial charge in [-0.2, -0.15) is 40.5 Å². The molecule has 0 unspecified atom stereocenters. The highest BCUT2D eigenvalue weighted by Crippen LogP contribution is 2.46. The van der Waals surface area contributed by atoms with Crippen LogP contribution in [-0.4, -0.2) is 95.3 Å². The number of rotatable bonds is 16. The smallest absolute Gasteiger partial charge is 0.307 e. The van der Waals surface area contributed by atoms with Crippen molar-refractivity contribution < 1.29 is 35.4 Å². The molecule has 0 bridgehead atoms. The van der Waals surface area contributed by atoms with Crippen molar-refractivity contribution in [3.05, 3.63) is 36.4 Å². The van der Waals surface area contributed by atoms with E-state index in [0.717, 1.165) is 94.7 Å². The summed E-state index contributed by atoms with van der Waals surface area (Å²) in [4.78, 5) is 19.8. The first kappa shape index (κ1) is 53.2. The molecule has 8 rings (SSSR count). The lowest BCUT2D eigenvalue weighted by molar-refractivity contribution is 0.406. The molecule has 0 radical (unpaired) electrons. The van der Waals surface area contributed by atoms with E-state index >= 15 is 0 Å². The van der Waals surface area contributed by atoms with Gasteiger partial charge in [0, 0.05) is 42.8 Å². The SMILES string of the molecule is CCN(CC)c1ccc(N)c(Nc2nc(Nc3cc(N(CC)CC)ccc3N)nc(SC3CCCCC3)n2)c1.COc1c(S(=O)(=O)O)sc2nsc(N)c12.COc1c(S(=O)(=O)O)sc2nsc(N)c12. The quantitative estimate of drug-likeness (QED) is 0.0330. The van der Waals surface area contributed by atoms with Gasteiger partial charge in [0.2, 0.25) is 11.9 Å². The molecule has 2 aromatic carbocycles. The molecule has 0 saturated heterocycles. The Morgan fingerprint density at radius 2 is 1.07 bits per heavy atom. The second-order valence-electron chi connectivity index (χ2n) is 15.0. The number of thiophene rings is 2. The third kappa shape index (κ3) is 12.8. The van der Waals surface area contributed by atoms with Gasteiger partial charge in [0.15, 0.2) is 25.1 Å². The first-order chi connectivity index (χ1) is 32.8.